The average Bonchev–Trinajstić information content (AvgIpc) is 3.22. The summed E-state index contributed by atoms with van der Waals surface area (Å²) in [5, 5.41) is 7.80. The third-order valence-electron chi connectivity index (χ3n) is 4.18. The van der Waals surface area contributed by atoms with Crippen molar-refractivity contribution in [2.24, 2.45) is 0 Å². The van der Waals surface area contributed by atoms with Crippen molar-refractivity contribution < 1.29 is 0 Å². The van der Waals surface area contributed by atoms with E-state index >= 15 is 0 Å². The number of hydrogen-bond donors (Lipinski definition) is 2. The molecule has 2 saturated carbocycles. The van der Waals surface area contributed by atoms with Crippen LogP contribution in [0.25, 0.3) is 0 Å². The SMILES string of the molecule is CCNc1cc(NC2CCC(SCC)C2)nc(C2CC2)n1. The van der Waals surface area contributed by atoms with Crippen molar-refractivity contribution in [3.63, 3.8) is 0 Å². The van der Waals surface area contributed by atoms with Crippen molar-refractivity contribution in [2.75, 3.05) is 22.9 Å². The zero-order valence-corrected chi connectivity index (χ0v) is 13.9. The summed E-state index contributed by atoms with van der Waals surface area (Å²) >= 11 is 2.10. The van der Waals surface area contributed by atoms with Gasteiger partial charge in [-0.2, -0.15) is 11.8 Å². The number of thioether (sulfide) groups is 1. The maximum atomic E-state index is 4.74. The first kappa shape index (κ1) is 14.9. The quantitative estimate of drug-likeness (QED) is 0.801. The molecule has 21 heavy (non-hydrogen) atoms. The Labute approximate surface area is 131 Å². The molecule has 0 bridgehead atoms. The molecule has 5 heteroatoms. The number of aromatic nitrogens is 2. The van der Waals surface area contributed by atoms with Crippen molar-refractivity contribution in [3.8, 4) is 0 Å². The van der Waals surface area contributed by atoms with Crippen molar-refractivity contribution >= 4 is 23.4 Å². The van der Waals surface area contributed by atoms with Crippen molar-refractivity contribution in [3.05, 3.63) is 11.9 Å². The van der Waals surface area contributed by atoms with Crippen LogP contribution in [0.3, 0.4) is 0 Å². The predicted molar refractivity (Wildman–Crippen MR) is 91.4 cm³/mol. The Morgan fingerprint density at radius 1 is 1.14 bits per heavy atom. The van der Waals surface area contributed by atoms with E-state index in [4.69, 9.17) is 4.98 Å². The van der Waals surface area contributed by atoms with E-state index in [1.165, 1.54) is 37.9 Å². The summed E-state index contributed by atoms with van der Waals surface area (Å²) in [7, 11) is 0. The standard InChI is InChI=1S/C16H26N4S/c1-3-17-14-10-15(20-16(19-14)11-5-6-11)18-12-7-8-13(9-12)21-4-2/h10-13H,3-9H2,1-2H3,(H2,17,18,19,20). The van der Waals surface area contributed by atoms with Gasteiger partial charge in [-0.1, -0.05) is 6.92 Å². The molecule has 0 aromatic carbocycles. The molecule has 2 aliphatic carbocycles. The molecule has 3 rings (SSSR count). The van der Waals surface area contributed by atoms with E-state index in [9.17, 15) is 0 Å². The Balaban J connectivity index is 1.66. The molecule has 2 aliphatic rings. The second kappa shape index (κ2) is 6.86. The second-order valence-electron chi connectivity index (χ2n) is 6.03. The lowest BCUT2D eigenvalue weighted by molar-refractivity contribution is 0.748. The Morgan fingerprint density at radius 2 is 1.95 bits per heavy atom. The van der Waals surface area contributed by atoms with Gasteiger partial charge in [0.05, 0.1) is 0 Å². The molecular formula is C16H26N4S. The lowest BCUT2D eigenvalue weighted by Gasteiger charge is -2.15. The third-order valence-corrected chi connectivity index (χ3v) is 5.42. The van der Waals surface area contributed by atoms with Gasteiger partial charge in [-0.05, 0) is 44.8 Å². The van der Waals surface area contributed by atoms with Crippen LogP contribution in [-0.4, -0.2) is 33.6 Å². The molecule has 4 nitrogen and oxygen atoms in total. The first-order chi connectivity index (χ1) is 10.3. The van der Waals surface area contributed by atoms with E-state index in [1.807, 2.05) is 0 Å². The maximum absolute atomic E-state index is 4.74. The molecular weight excluding hydrogens is 280 g/mol. The summed E-state index contributed by atoms with van der Waals surface area (Å²) in [5.41, 5.74) is 0. The van der Waals surface area contributed by atoms with Crippen LogP contribution in [0, 0.1) is 0 Å². The lowest BCUT2D eigenvalue weighted by Crippen LogP contribution is -2.18. The number of nitrogens with one attached hydrogen (secondary N) is 2. The molecule has 1 aromatic heterocycles. The Morgan fingerprint density at radius 3 is 2.67 bits per heavy atom. The van der Waals surface area contributed by atoms with Crippen LogP contribution < -0.4 is 10.6 Å². The molecule has 0 saturated heterocycles. The molecule has 2 unspecified atom stereocenters. The normalized spacial score (nSPS) is 25.0. The predicted octanol–water partition coefficient (Wildman–Crippen LogP) is 3.87. The van der Waals surface area contributed by atoms with E-state index in [0.717, 1.165) is 29.3 Å². The van der Waals surface area contributed by atoms with E-state index in [1.54, 1.807) is 0 Å². The van der Waals surface area contributed by atoms with Gasteiger partial charge in [-0.25, -0.2) is 9.97 Å². The fraction of sp³-hybridized carbons (Fsp3) is 0.750. The van der Waals surface area contributed by atoms with Crippen molar-refractivity contribution in [1.82, 2.24) is 9.97 Å². The number of rotatable bonds is 7. The van der Waals surface area contributed by atoms with Crippen molar-refractivity contribution in [1.29, 1.82) is 0 Å². The molecule has 2 fully saturated rings. The summed E-state index contributed by atoms with van der Waals surface area (Å²) in [5.74, 6) is 4.82. The van der Waals surface area contributed by atoms with Gasteiger partial charge in [0.2, 0.25) is 0 Å². The van der Waals surface area contributed by atoms with Gasteiger partial charge in [-0.15, -0.1) is 0 Å². The second-order valence-corrected chi connectivity index (χ2v) is 7.61. The zero-order valence-electron chi connectivity index (χ0n) is 13.1. The van der Waals surface area contributed by atoms with Crippen LogP contribution >= 0.6 is 11.8 Å². The Kier molecular flexibility index (Phi) is 4.88. The Bertz CT molecular complexity index is 475. The van der Waals surface area contributed by atoms with E-state index in [-0.39, 0.29) is 0 Å². The highest BCUT2D eigenvalue weighted by atomic mass is 32.2. The largest absolute Gasteiger partial charge is 0.370 e. The number of anilines is 2. The molecule has 0 radical (unpaired) electrons. The molecule has 1 aromatic rings. The van der Waals surface area contributed by atoms with Gasteiger partial charge >= 0.3 is 0 Å². The fourth-order valence-electron chi connectivity index (χ4n) is 3.00. The molecule has 0 amide bonds. The van der Waals surface area contributed by atoms with E-state index in [0.29, 0.717) is 12.0 Å². The van der Waals surface area contributed by atoms with Gasteiger partial charge in [0.15, 0.2) is 0 Å². The minimum absolute atomic E-state index is 0.575. The van der Waals surface area contributed by atoms with Crippen LogP contribution in [-0.2, 0) is 0 Å². The summed E-state index contributed by atoms with van der Waals surface area (Å²) in [6, 6.07) is 2.64. The topological polar surface area (TPSA) is 49.8 Å². The number of nitrogens with zero attached hydrogens (tertiary/aromatic N) is 2. The molecule has 0 aliphatic heterocycles. The van der Waals surface area contributed by atoms with Gasteiger partial charge in [0, 0.05) is 29.8 Å². The highest BCUT2D eigenvalue weighted by molar-refractivity contribution is 7.99. The first-order valence-electron chi connectivity index (χ1n) is 8.29. The van der Waals surface area contributed by atoms with Gasteiger partial charge in [0.1, 0.15) is 17.5 Å². The highest BCUT2D eigenvalue weighted by Crippen LogP contribution is 2.39. The molecule has 2 atom stereocenters. The van der Waals surface area contributed by atoms with E-state index in [2.05, 4.69) is 47.3 Å². The summed E-state index contributed by atoms with van der Waals surface area (Å²) < 4.78 is 0. The zero-order chi connectivity index (χ0) is 14.7. The lowest BCUT2D eigenvalue weighted by atomic mass is 10.2. The Hall–Kier alpha value is -0.970. The first-order valence-corrected chi connectivity index (χ1v) is 9.34. The molecule has 1 heterocycles. The summed E-state index contributed by atoms with van der Waals surface area (Å²) in [6.45, 7) is 5.26. The van der Waals surface area contributed by atoms with E-state index < -0.39 is 0 Å². The molecule has 116 valence electrons. The summed E-state index contributed by atoms with van der Waals surface area (Å²) in [4.78, 5) is 9.38. The molecule has 2 N–H and O–H groups in total. The fourth-order valence-corrected chi connectivity index (χ4v) is 4.15. The highest BCUT2D eigenvalue weighted by Gasteiger charge is 2.28. The van der Waals surface area contributed by atoms with Gasteiger partial charge in [0.25, 0.3) is 0 Å². The van der Waals surface area contributed by atoms with Gasteiger partial charge < -0.3 is 10.6 Å². The van der Waals surface area contributed by atoms with Crippen LogP contribution in [0.2, 0.25) is 0 Å². The smallest absolute Gasteiger partial charge is 0.136 e. The third kappa shape index (κ3) is 4.02. The van der Waals surface area contributed by atoms with Crippen LogP contribution in [0.15, 0.2) is 6.07 Å². The minimum atomic E-state index is 0.575. The van der Waals surface area contributed by atoms with Crippen LogP contribution in [0.5, 0.6) is 0 Å². The monoisotopic (exact) mass is 306 g/mol. The van der Waals surface area contributed by atoms with Crippen LogP contribution in [0.1, 0.15) is 57.7 Å². The number of hydrogen-bond acceptors (Lipinski definition) is 5. The summed E-state index contributed by atoms with van der Waals surface area (Å²) in [6.07, 6.45) is 6.34. The minimum Gasteiger partial charge on any atom is -0.370 e. The molecule has 0 spiro atoms. The van der Waals surface area contributed by atoms with Gasteiger partial charge in [-0.3, -0.25) is 0 Å². The average molecular weight is 306 g/mol. The van der Waals surface area contributed by atoms with Crippen LogP contribution in [0.4, 0.5) is 11.6 Å². The maximum Gasteiger partial charge on any atom is 0.136 e. The van der Waals surface area contributed by atoms with Crippen molar-refractivity contribution in [2.45, 2.75) is 63.2 Å².